The van der Waals surface area contributed by atoms with Gasteiger partial charge in [-0.15, -0.1) is 0 Å². The van der Waals surface area contributed by atoms with Gasteiger partial charge in [-0.3, -0.25) is 0 Å². The predicted molar refractivity (Wildman–Crippen MR) is 94.6 cm³/mol. The lowest BCUT2D eigenvalue weighted by Gasteiger charge is -2.19. The Labute approximate surface area is 139 Å². The number of amides is 1. The highest BCUT2D eigenvalue weighted by atomic mass is 127. The molecule has 0 bridgehead atoms. The second kappa shape index (κ2) is 6.64. The average molecular weight is 397 g/mol. The summed E-state index contributed by atoms with van der Waals surface area (Å²) in [5.41, 5.74) is 0.784. The van der Waals surface area contributed by atoms with Gasteiger partial charge in [0.05, 0.1) is 0 Å². The van der Waals surface area contributed by atoms with Crippen LogP contribution in [0.1, 0.15) is 26.3 Å². The van der Waals surface area contributed by atoms with E-state index >= 15 is 0 Å². The van der Waals surface area contributed by atoms with Crippen molar-refractivity contribution in [1.82, 2.24) is 5.32 Å². The molecule has 2 aromatic carbocycles. The summed E-state index contributed by atoms with van der Waals surface area (Å²) in [5.74, 6) is 0. The second-order valence-electron chi connectivity index (χ2n) is 5.94. The average Bonchev–Trinajstić information content (AvgIpc) is 2.40. The number of rotatable bonds is 3. The molecule has 21 heavy (non-hydrogen) atoms. The van der Waals surface area contributed by atoms with E-state index in [-0.39, 0.29) is 6.09 Å². The van der Waals surface area contributed by atoms with Crippen LogP contribution in [0.15, 0.2) is 36.4 Å². The molecule has 0 atom stereocenters. The summed E-state index contributed by atoms with van der Waals surface area (Å²) in [7, 11) is 0. The molecule has 0 saturated heterocycles. The molecule has 2 aromatic rings. The smallest absolute Gasteiger partial charge is 0.407 e. The number of nitrogens with one attached hydrogen (secondary N) is 1. The van der Waals surface area contributed by atoms with Crippen LogP contribution in [0, 0.1) is 3.57 Å². The van der Waals surface area contributed by atoms with Gasteiger partial charge in [-0.2, -0.15) is 0 Å². The van der Waals surface area contributed by atoms with Crippen LogP contribution >= 0.6 is 22.6 Å². The normalized spacial score (nSPS) is 11.4. The molecule has 112 valence electrons. The van der Waals surface area contributed by atoms with Crippen LogP contribution in [0.2, 0.25) is 0 Å². The maximum Gasteiger partial charge on any atom is 0.407 e. The Morgan fingerprint density at radius 2 is 1.90 bits per heavy atom. The van der Waals surface area contributed by atoms with Crippen LogP contribution in [0.25, 0.3) is 10.8 Å². The van der Waals surface area contributed by atoms with Gasteiger partial charge < -0.3 is 10.1 Å². The van der Waals surface area contributed by atoms with Gasteiger partial charge >= 0.3 is 6.09 Å². The van der Waals surface area contributed by atoms with Crippen molar-refractivity contribution in [2.75, 3.05) is 6.54 Å². The zero-order chi connectivity index (χ0) is 15.5. The molecule has 0 aromatic heterocycles. The van der Waals surface area contributed by atoms with Crippen molar-refractivity contribution in [3.05, 3.63) is 45.5 Å². The lowest BCUT2D eigenvalue weighted by atomic mass is 10.1. The lowest BCUT2D eigenvalue weighted by Crippen LogP contribution is -2.33. The first-order valence-corrected chi connectivity index (χ1v) is 8.08. The maximum atomic E-state index is 11.6. The van der Waals surface area contributed by atoms with E-state index in [1.165, 1.54) is 19.9 Å². The third kappa shape index (κ3) is 4.59. The molecule has 0 fully saturated rings. The molecule has 0 aliphatic carbocycles. The zero-order valence-electron chi connectivity index (χ0n) is 12.6. The molecule has 0 unspecified atom stereocenters. The van der Waals surface area contributed by atoms with Gasteiger partial charge in [0.25, 0.3) is 0 Å². The van der Waals surface area contributed by atoms with Crippen LogP contribution in [-0.2, 0) is 11.2 Å². The van der Waals surface area contributed by atoms with E-state index < -0.39 is 5.60 Å². The highest BCUT2D eigenvalue weighted by Gasteiger charge is 2.15. The predicted octanol–water partition coefficient (Wildman–Crippen LogP) is 4.51. The Morgan fingerprint density at radius 3 is 2.62 bits per heavy atom. The molecule has 0 heterocycles. The Bertz CT molecular complexity index is 647. The Kier molecular flexibility index (Phi) is 5.08. The monoisotopic (exact) mass is 397 g/mol. The minimum absolute atomic E-state index is 0.363. The summed E-state index contributed by atoms with van der Waals surface area (Å²) >= 11 is 2.37. The number of carbonyl (C=O) groups excluding carboxylic acids is 1. The number of alkyl carbamates (subject to hydrolysis) is 1. The highest BCUT2D eigenvalue weighted by Crippen LogP contribution is 2.24. The quantitative estimate of drug-likeness (QED) is 0.774. The Morgan fingerprint density at radius 1 is 1.19 bits per heavy atom. The summed E-state index contributed by atoms with van der Waals surface area (Å²) in [6.45, 7) is 6.15. The molecule has 0 spiro atoms. The summed E-state index contributed by atoms with van der Waals surface area (Å²) in [6, 6.07) is 12.6. The van der Waals surface area contributed by atoms with Gasteiger partial charge in [-0.1, -0.05) is 36.4 Å². The molecule has 0 aliphatic rings. The van der Waals surface area contributed by atoms with E-state index in [1.54, 1.807) is 0 Å². The Balaban J connectivity index is 1.98. The van der Waals surface area contributed by atoms with Gasteiger partial charge in [0, 0.05) is 10.1 Å². The van der Waals surface area contributed by atoms with E-state index in [0.717, 1.165) is 6.42 Å². The fraction of sp³-hybridized carbons (Fsp3) is 0.353. The first-order chi connectivity index (χ1) is 9.87. The van der Waals surface area contributed by atoms with Crippen LogP contribution in [0.4, 0.5) is 4.79 Å². The number of hydrogen-bond donors (Lipinski definition) is 1. The molecule has 0 saturated carbocycles. The fourth-order valence-electron chi connectivity index (χ4n) is 2.09. The number of carbonyl (C=O) groups is 1. The Hall–Kier alpha value is -1.30. The molecule has 0 aliphatic heterocycles. The van der Waals surface area contributed by atoms with Gasteiger partial charge in [0.1, 0.15) is 5.60 Å². The molecule has 1 amide bonds. The summed E-state index contributed by atoms with van der Waals surface area (Å²) in [4.78, 5) is 11.6. The van der Waals surface area contributed by atoms with E-state index in [1.807, 2.05) is 32.9 Å². The van der Waals surface area contributed by atoms with Crippen molar-refractivity contribution < 1.29 is 9.53 Å². The molecule has 0 radical (unpaired) electrons. The summed E-state index contributed by atoms with van der Waals surface area (Å²) in [5, 5.41) is 5.30. The molecule has 3 nitrogen and oxygen atoms in total. The number of ether oxygens (including phenoxy) is 1. The minimum Gasteiger partial charge on any atom is -0.444 e. The molecule has 1 N–H and O–H groups in total. The van der Waals surface area contributed by atoms with Crippen LogP contribution in [0.3, 0.4) is 0 Å². The molecule has 2 rings (SSSR count). The van der Waals surface area contributed by atoms with E-state index in [9.17, 15) is 4.79 Å². The number of fused-ring (bicyclic) bond motifs is 1. The van der Waals surface area contributed by atoms with E-state index in [0.29, 0.717) is 6.54 Å². The lowest BCUT2D eigenvalue weighted by molar-refractivity contribution is 0.0528. The standard InChI is InChI=1S/C17H20INO2/c1-17(2,3)21-16(20)19-11-10-13-9-8-12-6-4-5-7-14(12)15(13)18/h4-9H,10-11H2,1-3H3,(H,19,20). The van der Waals surface area contributed by atoms with Crippen molar-refractivity contribution in [1.29, 1.82) is 0 Å². The minimum atomic E-state index is -0.457. The second-order valence-corrected chi connectivity index (χ2v) is 7.02. The van der Waals surface area contributed by atoms with Gasteiger partial charge in [0.2, 0.25) is 0 Å². The molecular formula is C17H20INO2. The van der Waals surface area contributed by atoms with Crippen molar-refractivity contribution in [3.63, 3.8) is 0 Å². The van der Waals surface area contributed by atoms with Gasteiger partial charge in [-0.05, 0) is 66.1 Å². The zero-order valence-corrected chi connectivity index (χ0v) is 14.7. The van der Waals surface area contributed by atoms with Crippen LogP contribution in [-0.4, -0.2) is 18.2 Å². The number of halogens is 1. The maximum absolute atomic E-state index is 11.6. The van der Waals surface area contributed by atoms with Gasteiger partial charge in [-0.25, -0.2) is 4.79 Å². The third-order valence-corrected chi connectivity index (χ3v) is 4.28. The van der Waals surface area contributed by atoms with Crippen molar-refractivity contribution in [3.8, 4) is 0 Å². The topological polar surface area (TPSA) is 38.3 Å². The number of hydrogen-bond acceptors (Lipinski definition) is 2. The third-order valence-electron chi connectivity index (χ3n) is 3.01. The first-order valence-electron chi connectivity index (χ1n) is 7.00. The van der Waals surface area contributed by atoms with Crippen molar-refractivity contribution in [2.24, 2.45) is 0 Å². The van der Waals surface area contributed by atoms with Crippen LogP contribution in [0.5, 0.6) is 0 Å². The first kappa shape index (κ1) is 16.1. The van der Waals surface area contributed by atoms with Crippen molar-refractivity contribution in [2.45, 2.75) is 32.8 Å². The SMILES string of the molecule is CC(C)(C)OC(=O)NCCc1ccc2ccccc2c1I. The molecule has 4 heteroatoms. The van der Waals surface area contributed by atoms with Gasteiger partial charge in [0.15, 0.2) is 0 Å². The van der Waals surface area contributed by atoms with Crippen molar-refractivity contribution >= 4 is 39.5 Å². The summed E-state index contributed by atoms with van der Waals surface area (Å²) < 4.78 is 6.47. The largest absolute Gasteiger partial charge is 0.444 e. The van der Waals surface area contributed by atoms with Crippen LogP contribution < -0.4 is 5.32 Å². The fourth-order valence-corrected chi connectivity index (χ4v) is 3.03. The van der Waals surface area contributed by atoms with E-state index in [4.69, 9.17) is 4.74 Å². The molecular weight excluding hydrogens is 377 g/mol. The number of benzene rings is 2. The summed E-state index contributed by atoms with van der Waals surface area (Å²) in [6.07, 6.45) is 0.431. The van der Waals surface area contributed by atoms with E-state index in [2.05, 4.69) is 52.2 Å². The highest BCUT2D eigenvalue weighted by molar-refractivity contribution is 14.1.